The van der Waals surface area contributed by atoms with Gasteiger partial charge in [-0.2, -0.15) is 0 Å². The molecule has 0 radical (unpaired) electrons. The second-order valence-electron chi connectivity index (χ2n) is 4.87. The molecule has 2 aromatic carbocycles. The highest BCUT2D eigenvalue weighted by Gasteiger charge is 2.02. The Morgan fingerprint density at radius 3 is 2.10 bits per heavy atom. The first-order valence-corrected chi connectivity index (χ1v) is 6.83. The van der Waals surface area contributed by atoms with Crippen molar-refractivity contribution in [3.05, 3.63) is 70.8 Å². The molecule has 0 aliphatic rings. The predicted octanol–water partition coefficient (Wildman–Crippen LogP) is 4.25. The van der Waals surface area contributed by atoms with Crippen LogP contribution in [0.4, 0.5) is 0 Å². The molecule has 0 fully saturated rings. The molecule has 2 rings (SSSR count). The minimum Gasteiger partial charge on any atom is -0.388 e. The molecule has 2 aromatic rings. The molecule has 0 bridgehead atoms. The quantitative estimate of drug-likeness (QED) is 0.847. The van der Waals surface area contributed by atoms with Crippen LogP contribution in [0.25, 0.3) is 0 Å². The molecule has 20 heavy (non-hydrogen) atoms. The normalized spacial score (nSPS) is 11.2. The molecular weight excluding hydrogens is 248 g/mol. The van der Waals surface area contributed by atoms with E-state index in [1.165, 1.54) is 5.56 Å². The summed E-state index contributed by atoms with van der Waals surface area (Å²) < 4.78 is 0. The van der Waals surface area contributed by atoms with Crippen molar-refractivity contribution in [1.82, 2.24) is 0 Å². The number of hydrogen-bond donors (Lipinski definition) is 1. The van der Waals surface area contributed by atoms with Gasteiger partial charge in [0.15, 0.2) is 0 Å². The molecule has 0 spiro atoms. The Morgan fingerprint density at radius 2 is 1.65 bits per heavy atom. The molecule has 1 unspecified atom stereocenters. The Hall–Kier alpha value is -1.93. The summed E-state index contributed by atoms with van der Waals surface area (Å²) in [7, 11) is 0. The van der Waals surface area contributed by atoms with Crippen LogP contribution in [0, 0.1) is 13.8 Å². The van der Waals surface area contributed by atoms with Gasteiger partial charge in [0.2, 0.25) is 0 Å². The van der Waals surface area contributed by atoms with E-state index in [0.29, 0.717) is 0 Å². The number of carbonyl (C=O) groups is 1. The molecule has 0 aliphatic carbocycles. The van der Waals surface area contributed by atoms with Gasteiger partial charge in [0.25, 0.3) is 0 Å². The molecule has 1 N–H and O–H groups in total. The summed E-state index contributed by atoms with van der Waals surface area (Å²) in [6.07, 6.45) is 1.34. The van der Waals surface area contributed by atoms with Gasteiger partial charge in [-0.25, -0.2) is 0 Å². The lowest BCUT2D eigenvalue weighted by Gasteiger charge is -2.07. The van der Waals surface area contributed by atoms with Crippen LogP contribution in [0.15, 0.2) is 48.5 Å². The molecule has 0 amide bonds. The first kappa shape index (κ1) is 16.1. The van der Waals surface area contributed by atoms with Crippen molar-refractivity contribution in [2.45, 2.75) is 33.3 Å². The molecule has 0 heterocycles. The lowest BCUT2D eigenvalue weighted by molar-refractivity contribution is 0.112. The summed E-state index contributed by atoms with van der Waals surface area (Å²) in [4.78, 5) is 10.2. The van der Waals surface area contributed by atoms with E-state index in [1.807, 2.05) is 63.2 Å². The van der Waals surface area contributed by atoms with Crippen molar-refractivity contribution in [2.24, 2.45) is 0 Å². The lowest BCUT2D eigenvalue weighted by atomic mass is 10.1. The number of aldehydes is 1. The lowest BCUT2D eigenvalue weighted by Crippen LogP contribution is -1.94. The first-order valence-electron chi connectivity index (χ1n) is 6.83. The van der Waals surface area contributed by atoms with Crippen molar-refractivity contribution < 1.29 is 9.90 Å². The minimum atomic E-state index is -0.296. The van der Waals surface area contributed by atoms with Gasteiger partial charge in [-0.15, -0.1) is 0 Å². The molecule has 0 aromatic heterocycles. The Kier molecular flexibility index (Phi) is 6.68. The average Bonchev–Trinajstić information content (AvgIpc) is 2.47. The van der Waals surface area contributed by atoms with Crippen molar-refractivity contribution in [1.29, 1.82) is 0 Å². The second kappa shape index (κ2) is 8.28. The summed E-state index contributed by atoms with van der Waals surface area (Å²) in [6, 6.07) is 15.5. The Morgan fingerprint density at radius 1 is 1.05 bits per heavy atom. The van der Waals surface area contributed by atoms with Gasteiger partial charge in [0, 0.05) is 5.56 Å². The minimum absolute atomic E-state index is 0.296. The molecule has 0 aliphatic heterocycles. The number of hydrogen-bond acceptors (Lipinski definition) is 2. The topological polar surface area (TPSA) is 37.3 Å². The van der Waals surface area contributed by atoms with E-state index in [2.05, 4.69) is 0 Å². The van der Waals surface area contributed by atoms with Crippen LogP contribution in [0.5, 0.6) is 0 Å². The molecule has 0 saturated carbocycles. The SMILES string of the molecule is CCC(O)c1cccc(C)c1.Cc1cccc(C=O)c1. The zero-order valence-corrected chi connectivity index (χ0v) is 12.3. The van der Waals surface area contributed by atoms with Crippen LogP contribution in [-0.2, 0) is 0 Å². The van der Waals surface area contributed by atoms with Gasteiger partial charge in [0.05, 0.1) is 6.10 Å². The zero-order chi connectivity index (χ0) is 15.0. The highest BCUT2D eigenvalue weighted by Crippen LogP contribution is 2.16. The van der Waals surface area contributed by atoms with Crippen LogP contribution in [0.3, 0.4) is 0 Å². The average molecular weight is 270 g/mol. The van der Waals surface area contributed by atoms with Gasteiger partial charge in [-0.05, 0) is 31.9 Å². The molecule has 1 atom stereocenters. The maximum atomic E-state index is 10.2. The van der Waals surface area contributed by atoms with Crippen molar-refractivity contribution in [2.75, 3.05) is 0 Å². The molecule has 0 saturated heterocycles. The number of aryl methyl sites for hydroxylation is 2. The summed E-state index contributed by atoms with van der Waals surface area (Å²) in [5.41, 5.74) is 4.09. The fraction of sp³-hybridized carbons (Fsp3) is 0.278. The van der Waals surface area contributed by atoms with Gasteiger partial charge in [-0.3, -0.25) is 4.79 Å². The standard InChI is InChI=1S/C10H14O.C8H8O/c1-3-10(11)9-6-4-5-8(2)7-9;1-7-3-2-4-8(5-7)6-9/h4-7,10-11H,3H2,1-2H3;2-6H,1H3. The highest BCUT2D eigenvalue weighted by molar-refractivity contribution is 5.74. The van der Waals surface area contributed by atoms with E-state index < -0.39 is 0 Å². The Balaban J connectivity index is 0.000000204. The fourth-order valence-corrected chi connectivity index (χ4v) is 1.86. The zero-order valence-electron chi connectivity index (χ0n) is 12.3. The van der Waals surface area contributed by atoms with E-state index in [0.717, 1.165) is 29.4 Å². The number of aliphatic hydroxyl groups excluding tert-OH is 1. The van der Waals surface area contributed by atoms with Crippen LogP contribution >= 0.6 is 0 Å². The summed E-state index contributed by atoms with van der Waals surface area (Å²) in [5.74, 6) is 0. The predicted molar refractivity (Wildman–Crippen MR) is 83.0 cm³/mol. The smallest absolute Gasteiger partial charge is 0.150 e. The second-order valence-corrected chi connectivity index (χ2v) is 4.87. The Labute approximate surface area is 121 Å². The van der Waals surface area contributed by atoms with Crippen molar-refractivity contribution in [3.8, 4) is 0 Å². The van der Waals surface area contributed by atoms with Crippen molar-refractivity contribution >= 4 is 6.29 Å². The Bertz CT molecular complexity index is 547. The van der Waals surface area contributed by atoms with Gasteiger partial charge >= 0.3 is 0 Å². The summed E-state index contributed by atoms with van der Waals surface area (Å²) in [6.45, 7) is 5.98. The number of aliphatic hydroxyl groups is 1. The summed E-state index contributed by atoms with van der Waals surface area (Å²) >= 11 is 0. The van der Waals surface area contributed by atoms with Crippen LogP contribution in [-0.4, -0.2) is 11.4 Å². The maximum Gasteiger partial charge on any atom is 0.150 e. The third-order valence-corrected chi connectivity index (χ3v) is 2.99. The van der Waals surface area contributed by atoms with Gasteiger partial charge < -0.3 is 5.11 Å². The maximum absolute atomic E-state index is 10.2. The van der Waals surface area contributed by atoms with Crippen LogP contribution < -0.4 is 0 Å². The molecule has 2 nitrogen and oxygen atoms in total. The number of benzene rings is 2. The van der Waals surface area contributed by atoms with E-state index >= 15 is 0 Å². The number of carbonyl (C=O) groups excluding carboxylic acids is 1. The first-order chi connectivity index (χ1) is 9.56. The fourth-order valence-electron chi connectivity index (χ4n) is 1.86. The monoisotopic (exact) mass is 270 g/mol. The molecular formula is C18H22O2. The van der Waals surface area contributed by atoms with Crippen LogP contribution in [0.1, 0.15) is 46.5 Å². The largest absolute Gasteiger partial charge is 0.388 e. The third-order valence-electron chi connectivity index (χ3n) is 2.99. The molecule has 106 valence electrons. The highest BCUT2D eigenvalue weighted by atomic mass is 16.3. The molecule has 2 heteroatoms. The van der Waals surface area contributed by atoms with E-state index in [9.17, 15) is 9.90 Å². The van der Waals surface area contributed by atoms with E-state index in [1.54, 1.807) is 6.07 Å². The van der Waals surface area contributed by atoms with E-state index in [4.69, 9.17) is 0 Å². The van der Waals surface area contributed by atoms with Crippen molar-refractivity contribution in [3.63, 3.8) is 0 Å². The third kappa shape index (κ3) is 5.37. The summed E-state index contributed by atoms with van der Waals surface area (Å²) in [5, 5.41) is 9.45. The number of rotatable bonds is 3. The van der Waals surface area contributed by atoms with E-state index in [-0.39, 0.29) is 6.10 Å². The van der Waals surface area contributed by atoms with Crippen LogP contribution in [0.2, 0.25) is 0 Å². The van der Waals surface area contributed by atoms with Gasteiger partial charge in [-0.1, -0.05) is 60.5 Å². The van der Waals surface area contributed by atoms with Gasteiger partial charge in [0.1, 0.15) is 6.29 Å².